The smallest absolute Gasteiger partial charge is 0.255 e. The van der Waals surface area contributed by atoms with E-state index < -0.39 is 0 Å². The van der Waals surface area contributed by atoms with Gasteiger partial charge in [-0.05, 0) is 42.5 Å². The maximum Gasteiger partial charge on any atom is 0.255 e. The minimum Gasteiger partial charge on any atom is -0.378 e. The molecule has 0 bridgehead atoms. The highest BCUT2D eigenvalue weighted by atomic mass is 35.5. The summed E-state index contributed by atoms with van der Waals surface area (Å²) in [5.41, 5.74) is 1.58. The van der Waals surface area contributed by atoms with Gasteiger partial charge >= 0.3 is 0 Å². The fourth-order valence-electron chi connectivity index (χ4n) is 2.48. The number of anilines is 1. The van der Waals surface area contributed by atoms with Gasteiger partial charge in [0.15, 0.2) is 0 Å². The summed E-state index contributed by atoms with van der Waals surface area (Å²) in [5, 5.41) is 3.39. The fraction of sp³-hybridized carbons (Fsp3) is 0.222. The molecule has 2 aromatic rings. The van der Waals surface area contributed by atoms with Crippen molar-refractivity contribution in [2.45, 2.75) is 0 Å². The molecule has 1 heterocycles. The summed E-state index contributed by atoms with van der Waals surface area (Å²) >= 11 is 5.83. The van der Waals surface area contributed by atoms with Crippen LogP contribution in [0.15, 0.2) is 48.5 Å². The van der Waals surface area contributed by atoms with E-state index in [1.165, 1.54) is 0 Å². The predicted molar refractivity (Wildman–Crippen MR) is 92.6 cm³/mol. The molecule has 0 aliphatic carbocycles. The number of morpholine rings is 1. The Hall–Kier alpha value is -2.37. The van der Waals surface area contributed by atoms with Crippen LogP contribution >= 0.6 is 11.6 Å². The van der Waals surface area contributed by atoms with E-state index in [2.05, 4.69) is 5.32 Å². The number of amides is 2. The zero-order valence-electron chi connectivity index (χ0n) is 13.0. The maximum atomic E-state index is 12.5. The van der Waals surface area contributed by atoms with E-state index in [0.717, 1.165) is 0 Å². The second kappa shape index (κ2) is 7.47. The van der Waals surface area contributed by atoms with Crippen LogP contribution in [-0.2, 0) is 4.74 Å². The molecule has 0 aromatic heterocycles. The van der Waals surface area contributed by atoms with Crippen molar-refractivity contribution in [1.82, 2.24) is 4.90 Å². The number of halogens is 1. The van der Waals surface area contributed by atoms with Gasteiger partial charge < -0.3 is 15.0 Å². The van der Waals surface area contributed by atoms with Gasteiger partial charge in [0.1, 0.15) is 0 Å². The molecule has 124 valence electrons. The van der Waals surface area contributed by atoms with Gasteiger partial charge in [-0.3, -0.25) is 9.59 Å². The molecule has 0 atom stereocenters. The number of carbonyl (C=O) groups is 2. The molecule has 1 aliphatic heterocycles. The second-order valence-corrected chi connectivity index (χ2v) is 5.88. The molecule has 0 unspecified atom stereocenters. The van der Waals surface area contributed by atoms with E-state index in [9.17, 15) is 9.59 Å². The summed E-state index contributed by atoms with van der Waals surface area (Å²) in [6.07, 6.45) is 0. The standard InChI is InChI=1S/C18H17ClN2O3/c19-15-4-6-16(7-5-15)20-17(22)13-2-1-3-14(12-13)18(23)21-8-10-24-11-9-21/h1-7,12H,8-11H2,(H,20,22). The number of nitrogens with zero attached hydrogens (tertiary/aromatic N) is 1. The van der Waals surface area contributed by atoms with Crippen LogP contribution in [0.3, 0.4) is 0 Å². The Labute approximate surface area is 145 Å². The average Bonchev–Trinajstić information content (AvgIpc) is 2.64. The fourth-order valence-corrected chi connectivity index (χ4v) is 2.60. The molecule has 1 saturated heterocycles. The monoisotopic (exact) mass is 344 g/mol. The zero-order valence-corrected chi connectivity index (χ0v) is 13.8. The highest BCUT2D eigenvalue weighted by Crippen LogP contribution is 2.16. The maximum absolute atomic E-state index is 12.5. The molecule has 6 heteroatoms. The number of hydrogen-bond acceptors (Lipinski definition) is 3. The second-order valence-electron chi connectivity index (χ2n) is 5.45. The molecule has 24 heavy (non-hydrogen) atoms. The molecule has 3 rings (SSSR count). The van der Waals surface area contributed by atoms with Gasteiger partial charge in [0, 0.05) is 34.9 Å². The average molecular weight is 345 g/mol. The van der Waals surface area contributed by atoms with E-state index >= 15 is 0 Å². The van der Waals surface area contributed by atoms with Crippen LogP contribution in [0.2, 0.25) is 5.02 Å². The number of nitrogens with one attached hydrogen (secondary N) is 1. The Kier molecular flexibility index (Phi) is 5.13. The molecule has 0 saturated carbocycles. The van der Waals surface area contributed by atoms with E-state index in [-0.39, 0.29) is 11.8 Å². The first-order valence-electron chi connectivity index (χ1n) is 7.67. The Morgan fingerprint density at radius 1 is 1.00 bits per heavy atom. The summed E-state index contributed by atoms with van der Waals surface area (Å²) in [4.78, 5) is 26.6. The summed E-state index contributed by atoms with van der Waals surface area (Å²) in [5.74, 6) is -0.353. The van der Waals surface area contributed by atoms with Gasteiger partial charge in [0.25, 0.3) is 11.8 Å². The number of hydrogen-bond donors (Lipinski definition) is 1. The van der Waals surface area contributed by atoms with Crippen molar-refractivity contribution in [3.8, 4) is 0 Å². The third-order valence-electron chi connectivity index (χ3n) is 3.77. The molecular formula is C18H17ClN2O3. The lowest BCUT2D eigenvalue weighted by Crippen LogP contribution is -2.40. The lowest BCUT2D eigenvalue weighted by molar-refractivity contribution is 0.0303. The molecule has 2 amide bonds. The van der Waals surface area contributed by atoms with Gasteiger partial charge in [-0.25, -0.2) is 0 Å². The molecule has 0 spiro atoms. The van der Waals surface area contributed by atoms with Crippen LogP contribution in [0, 0.1) is 0 Å². The summed E-state index contributed by atoms with van der Waals surface area (Å²) in [7, 11) is 0. The minimum absolute atomic E-state index is 0.0838. The van der Waals surface area contributed by atoms with Crippen molar-refractivity contribution in [1.29, 1.82) is 0 Å². The SMILES string of the molecule is O=C(Nc1ccc(Cl)cc1)c1cccc(C(=O)N2CCOCC2)c1. The number of benzene rings is 2. The number of ether oxygens (including phenoxy) is 1. The number of rotatable bonds is 3. The molecule has 1 fully saturated rings. The molecule has 0 radical (unpaired) electrons. The Morgan fingerprint density at radius 2 is 1.67 bits per heavy atom. The van der Waals surface area contributed by atoms with E-state index in [4.69, 9.17) is 16.3 Å². The van der Waals surface area contributed by atoms with Gasteiger partial charge in [-0.15, -0.1) is 0 Å². The highest BCUT2D eigenvalue weighted by molar-refractivity contribution is 6.30. The van der Waals surface area contributed by atoms with Crippen LogP contribution in [0.5, 0.6) is 0 Å². The van der Waals surface area contributed by atoms with E-state index in [1.807, 2.05) is 0 Å². The molecule has 2 aromatic carbocycles. The van der Waals surface area contributed by atoms with Crippen LogP contribution < -0.4 is 5.32 Å². The lowest BCUT2D eigenvalue weighted by atomic mass is 10.1. The first kappa shape index (κ1) is 16.5. The Bertz CT molecular complexity index is 740. The first-order chi connectivity index (χ1) is 11.6. The third kappa shape index (κ3) is 3.93. The summed E-state index contributed by atoms with van der Waals surface area (Å²) < 4.78 is 5.26. The zero-order chi connectivity index (χ0) is 16.9. The van der Waals surface area contributed by atoms with E-state index in [1.54, 1.807) is 53.4 Å². The Balaban J connectivity index is 1.73. The third-order valence-corrected chi connectivity index (χ3v) is 4.02. The van der Waals surface area contributed by atoms with Crippen molar-refractivity contribution in [3.63, 3.8) is 0 Å². The molecule has 1 aliphatic rings. The predicted octanol–water partition coefficient (Wildman–Crippen LogP) is 3.06. The first-order valence-corrected chi connectivity index (χ1v) is 8.05. The van der Waals surface area contributed by atoms with Crippen LogP contribution in [0.25, 0.3) is 0 Å². The lowest BCUT2D eigenvalue weighted by Gasteiger charge is -2.27. The Morgan fingerprint density at radius 3 is 2.38 bits per heavy atom. The van der Waals surface area contributed by atoms with Crippen molar-refractivity contribution in [2.75, 3.05) is 31.6 Å². The number of carbonyl (C=O) groups excluding carboxylic acids is 2. The molecule has 1 N–H and O–H groups in total. The van der Waals surface area contributed by atoms with Crippen LogP contribution in [0.1, 0.15) is 20.7 Å². The van der Waals surface area contributed by atoms with Crippen LogP contribution in [0.4, 0.5) is 5.69 Å². The molecule has 5 nitrogen and oxygen atoms in total. The summed E-state index contributed by atoms with van der Waals surface area (Å²) in [6, 6.07) is 13.6. The summed E-state index contributed by atoms with van der Waals surface area (Å²) in [6.45, 7) is 2.23. The van der Waals surface area contributed by atoms with Crippen molar-refractivity contribution >= 4 is 29.1 Å². The molecular weight excluding hydrogens is 328 g/mol. The quantitative estimate of drug-likeness (QED) is 0.931. The topological polar surface area (TPSA) is 58.6 Å². The van der Waals surface area contributed by atoms with Crippen molar-refractivity contribution < 1.29 is 14.3 Å². The highest BCUT2D eigenvalue weighted by Gasteiger charge is 2.19. The van der Waals surface area contributed by atoms with Crippen molar-refractivity contribution in [2.24, 2.45) is 0 Å². The van der Waals surface area contributed by atoms with Gasteiger partial charge in [-0.2, -0.15) is 0 Å². The largest absolute Gasteiger partial charge is 0.378 e. The van der Waals surface area contributed by atoms with Crippen molar-refractivity contribution in [3.05, 3.63) is 64.7 Å². The van der Waals surface area contributed by atoms with E-state index in [0.29, 0.717) is 48.1 Å². The van der Waals surface area contributed by atoms with Gasteiger partial charge in [0.2, 0.25) is 0 Å². The van der Waals surface area contributed by atoms with Crippen LogP contribution in [-0.4, -0.2) is 43.0 Å². The minimum atomic E-state index is -0.269. The van der Waals surface area contributed by atoms with Gasteiger partial charge in [-0.1, -0.05) is 17.7 Å². The normalized spacial score (nSPS) is 14.3. The van der Waals surface area contributed by atoms with Gasteiger partial charge in [0.05, 0.1) is 13.2 Å².